The summed E-state index contributed by atoms with van der Waals surface area (Å²) in [7, 11) is 8.41. The van der Waals surface area contributed by atoms with E-state index in [1.807, 2.05) is 43.1 Å². The maximum absolute atomic E-state index is 15.4. The molecule has 1 N–H and O–H groups in total. The normalized spacial score (nSPS) is 38.4. The van der Waals surface area contributed by atoms with Crippen LogP contribution in [0.3, 0.4) is 0 Å². The Balaban J connectivity index is 1.27. The molecule has 2 aromatic carbocycles. The van der Waals surface area contributed by atoms with E-state index >= 15 is 4.79 Å². The first kappa shape index (κ1) is 40.4. The largest absolute Gasteiger partial charge is 0.496 e. The molecule has 1 unspecified atom stereocenters. The van der Waals surface area contributed by atoms with Gasteiger partial charge in [-0.1, -0.05) is 43.0 Å². The third kappa shape index (κ3) is 4.78. The molecule has 319 valence electrons. The van der Waals surface area contributed by atoms with Gasteiger partial charge in [0, 0.05) is 68.9 Å². The summed E-state index contributed by atoms with van der Waals surface area (Å²) in [4.78, 5) is 49.9. The van der Waals surface area contributed by atoms with Crippen molar-refractivity contribution in [3.8, 4) is 11.8 Å². The summed E-state index contributed by atoms with van der Waals surface area (Å²) in [6.45, 7) is 8.70. The minimum atomic E-state index is -1.68. The molecule has 7 aliphatic heterocycles. The minimum absolute atomic E-state index is 0.113. The number of aliphatic hydroxyl groups is 1. The van der Waals surface area contributed by atoms with Crippen LogP contribution in [-0.4, -0.2) is 130 Å². The van der Waals surface area contributed by atoms with Crippen molar-refractivity contribution in [2.75, 3.05) is 66.0 Å². The Kier molecular flexibility index (Phi) is 8.88. The van der Waals surface area contributed by atoms with E-state index in [9.17, 15) is 20.0 Å². The van der Waals surface area contributed by atoms with Crippen molar-refractivity contribution in [2.45, 2.75) is 99.2 Å². The van der Waals surface area contributed by atoms with Crippen LogP contribution in [0.15, 0.2) is 48.0 Å². The monoisotopic (exact) mass is 829 g/mol. The number of esters is 3. The van der Waals surface area contributed by atoms with Gasteiger partial charge in [0.2, 0.25) is 0 Å². The van der Waals surface area contributed by atoms with Crippen LogP contribution in [0.25, 0.3) is 5.57 Å². The highest BCUT2D eigenvalue weighted by Crippen LogP contribution is 2.80. The van der Waals surface area contributed by atoms with Crippen LogP contribution < -0.4 is 15.1 Å². The Labute approximate surface area is 357 Å². The lowest BCUT2D eigenvalue weighted by molar-refractivity contribution is -0.178. The molecule has 2 spiro atoms. The zero-order valence-corrected chi connectivity index (χ0v) is 36.1. The molecule has 0 aromatic heterocycles. The van der Waals surface area contributed by atoms with Gasteiger partial charge in [0.25, 0.3) is 5.60 Å². The number of methoxy groups -OCH3 is 3. The molecular weight excluding hydrogens is 775 g/mol. The molecule has 14 heteroatoms. The quantitative estimate of drug-likeness (QED) is 0.143. The number of nitriles is 1. The number of likely N-dealkylation sites (N-methyl/N-ethyl adjacent to an activating group) is 1. The summed E-state index contributed by atoms with van der Waals surface area (Å²) in [5, 5.41) is 22.1. The van der Waals surface area contributed by atoms with Gasteiger partial charge in [0.15, 0.2) is 19.1 Å². The van der Waals surface area contributed by atoms with Gasteiger partial charge in [-0.3, -0.25) is 19.4 Å². The van der Waals surface area contributed by atoms with Gasteiger partial charge in [-0.25, -0.2) is 4.79 Å². The first-order chi connectivity index (χ1) is 29.2. The lowest BCUT2D eigenvalue weighted by Gasteiger charge is -2.58. The number of fused-ring (bicyclic) bond motifs is 5. The van der Waals surface area contributed by atoms with E-state index in [1.54, 1.807) is 7.11 Å². The number of carbonyl (C=O) groups is 3. The Morgan fingerprint density at radius 3 is 2.51 bits per heavy atom. The minimum Gasteiger partial charge on any atom is -0.496 e. The standard InChI is InChI=1S/C47H54BN4O9/c1-8-42(56)22-29-23-44(40(54)58-6,37-30(13-17-51(25-29)26-42)31-19-28(24-49)11-12-34(31)48-37)33-20-32-35(21-36(33)57-5)50(4)47-45(32)15-18-52-16-10-14-43(9-2,38(45)52)39(60-27(3)53)46(47,61-47)41(55)59-7/h10-12,14,19-21,29,38-39,56H,8-9,13,15-18,22-23,25-26H2,1-7H3/t29-,38+,39-,42+,43-,44+,45-,46+,47+/m1/s1. The van der Waals surface area contributed by atoms with E-state index in [0.29, 0.717) is 88.1 Å². The zero-order valence-electron chi connectivity index (χ0n) is 36.1. The molecular formula is C47H54BN4O9. The van der Waals surface area contributed by atoms with Gasteiger partial charge in [0.05, 0.1) is 44.0 Å². The molecule has 7 heterocycles. The Morgan fingerprint density at radius 2 is 1.82 bits per heavy atom. The molecule has 1 aliphatic carbocycles. The highest BCUT2D eigenvalue weighted by molar-refractivity contribution is 6.67. The predicted octanol–water partition coefficient (Wildman–Crippen LogP) is 3.30. The van der Waals surface area contributed by atoms with Crippen LogP contribution in [-0.2, 0) is 44.2 Å². The maximum Gasteiger partial charge on any atom is 0.347 e. The molecule has 1 radical (unpaired) electrons. The molecule has 13 nitrogen and oxygen atoms in total. The average molecular weight is 830 g/mol. The van der Waals surface area contributed by atoms with E-state index in [2.05, 4.69) is 48.3 Å². The number of piperidine rings is 1. The summed E-state index contributed by atoms with van der Waals surface area (Å²) in [6, 6.07) is 11.8. The summed E-state index contributed by atoms with van der Waals surface area (Å²) >= 11 is 0. The van der Waals surface area contributed by atoms with Crippen molar-refractivity contribution in [1.82, 2.24) is 9.80 Å². The molecule has 3 saturated heterocycles. The highest BCUT2D eigenvalue weighted by atomic mass is 16.7. The predicted molar refractivity (Wildman–Crippen MR) is 225 cm³/mol. The fourth-order valence-corrected chi connectivity index (χ4v) is 14.1. The molecule has 2 bridgehead atoms. The lowest BCUT2D eigenvalue weighted by atomic mass is 9.48. The highest BCUT2D eigenvalue weighted by Gasteiger charge is 2.98. The Morgan fingerprint density at radius 1 is 1.03 bits per heavy atom. The SMILES string of the molecule is CC[C@]1(O)C[C@H]2CN(CCC3=C([B]c4ccc(C#N)cc43)[C@@](C(=O)OC)(c3cc4c(cc3OC)N(C)[C@@]35O[C@]3(C(=O)OC)[C@H](OC(C)=O)[C@]3(CC)C=CCN6CC[C@]45[C@@H]63)C2)C1. The number of rotatable bonds is 7. The van der Waals surface area contributed by atoms with Gasteiger partial charge >= 0.3 is 17.9 Å². The molecule has 10 rings (SSSR count). The third-order valence-electron chi connectivity index (χ3n) is 16.4. The number of carbonyl (C=O) groups excluding carboxylic acids is 3. The second-order valence-electron chi connectivity index (χ2n) is 18.8. The summed E-state index contributed by atoms with van der Waals surface area (Å²) in [6.07, 6.45) is 6.40. The number of anilines is 1. The van der Waals surface area contributed by atoms with Crippen LogP contribution in [0.1, 0.15) is 81.5 Å². The van der Waals surface area contributed by atoms with Gasteiger partial charge in [-0.15, -0.1) is 0 Å². The van der Waals surface area contributed by atoms with Crippen molar-refractivity contribution >= 4 is 41.9 Å². The molecule has 8 aliphatic rings. The van der Waals surface area contributed by atoms with Crippen LogP contribution in [0.2, 0.25) is 0 Å². The summed E-state index contributed by atoms with van der Waals surface area (Å²) < 4.78 is 31.5. The lowest BCUT2D eigenvalue weighted by Crippen LogP contribution is -2.75. The summed E-state index contributed by atoms with van der Waals surface area (Å²) in [5.41, 5.74) is -0.616. The first-order valence-corrected chi connectivity index (χ1v) is 21.7. The van der Waals surface area contributed by atoms with Crippen LogP contribution in [0, 0.1) is 22.7 Å². The molecule has 1 saturated carbocycles. The van der Waals surface area contributed by atoms with E-state index in [4.69, 9.17) is 23.7 Å². The average Bonchev–Trinajstić information content (AvgIpc) is 3.51. The van der Waals surface area contributed by atoms with Crippen molar-refractivity contribution in [3.05, 3.63) is 70.2 Å². The van der Waals surface area contributed by atoms with Crippen molar-refractivity contribution in [2.24, 2.45) is 11.3 Å². The molecule has 10 atom stereocenters. The van der Waals surface area contributed by atoms with Gasteiger partial charge < -0.3 is 33.7 Å². The third-order valence-corrected chi connectivity index (χ3v) is 16.4. The van der Waals surface area contributed by atoms with Crippen LogP contribution in [0.5, 0.6) is 5.75 Å². The Bertz CT molecular complexity index is 2400. The zero-order chi connectivity index (χ0) is 43.1. The summed E-state index contributed by atoms with van der Waals surface area (Å²) in [5.74, 6) is -1.21. The molecule has 4 fully saturated rings. The van der Waals surface area contributed by atoms with Gasteiger partial charge in [-0.05, 0) is 85.9 Å². The van der Waals surface area contributed by atoms with Crippen LogP contribution >= 0.6 is 0 Å². The number of ether oxygens (including phenoxy) is 5. The second-order valence-corrected chi connectivity index (χ2v) is 18.8. The molecule has 61 heavy (non-hydrogen) atoms. The van der Waals surface area contributed by atoms with Gasteiger partial charge in [-0.2, -0.15) is 5.26 Å². The number of hydrogen-bond acceptors (Lipinski definition) is 13. The first-order valence-electron chi connectivity index (χ1n) is 21.7. The topological polar surface area (TPSA) is 154 Å². The van der Waals surface area contributed by atoms with Crippen molar-refractivity contribution < 1.29 is 43.2 Å². The van der Waals surface area contributed by atoms with Crippen molar-refractivity contribution in [1.29, 1.82) is 5.26 Å². The van der Waals surface area contributed by atoms with Gasteiger partial charge in [0.1, 0.15) is 11.2 Å². The fraction of sp³-hybridized carbons (Fsp3) is 0.574. The number of nitrogens with zero attached hydrogens (tertiary/aromatic N) is 4. The smallest absolute Gasteiger partial charge is 0.347 e. The van der Waals surface area contributed by atoms with E-state index in [-0.39, 0.29) is 12.0 Å². The van der Waals surface area contributed by atoms with E-state index in [0.717, 1.165) is 33.3 Å². The van der Waals surface area contributed by atoms with E-state index in [1.165, 1.54) is 21.1 Å². The van der Waals surface area contributed by atoms with Crippen molar-refractivity contribution in [3.63, 3.8) is 0 Å². The number of benzene rings is 2. The maximum atomic E-state index is 15.4. The number of hydrogen-bond donors (Lipinski definition) is 1. The van der Waals surface area contributed by atoms with Crippen LogP contribution in [0.4, 0.5) is 5.69 Å². The molecule has 0 amide bonds. The Hall–Kier alpha value is -4.68. The second kappa shape index (κ2) is 13.4. The number of epoxide rings is 1. The fourth-order valence-electron chi connectivity index (χ4n) is 14.1. The van der Waals surface area contributed by atoms with E-state index < -0.39 is 57.2 Å². The molecule has 2 aromatic rings.